The summed E-state index contributed by atoms with van der Waals surface area (Å²) in [6.45, 7) is 2.79. The van der Waals surface area contributed by atoms with E-state index in [4.69, 9.17) is 17.0 Å². The number of nitrogens with one attached hydrogen (secondary N) is 1. The van der Waals surface area contributed by atoms with Crippen molar-refractivity contribution in [1.82, 2.24) is 4.57 Å². The van der Waals surface area contributed by atoms with Crippen LogP contribution in [0.4, 0.5) is 0 Å². The Bertz CT molecular complexity index is 787. The van der Waals surface area contributed by atoms with Crippen LogP contribution in [-0.2, 0) is 6.54 Å². The molecule has 0 saturated heterocycles. The Morgan fingerprint density at radius 1 is 1.20 bits per heavy atom. The maximum absolute atomic E-state index is 7.46. The summed E-state index contributed by atoms with van der Waals surface area (Å²) in [6.07, 6.45) is 3.46. The molecule has 0 aliphatic carbocycles. The molecule has 0 aliphatic rings. The number of benzene rings is 2. The van der Waals surface area contributed by atoms with Crippen molar-refractivity contribution in [2.24, 2.45) is 0 Å². The summed E-state index contributed by atoms with van der Waals surface area (Å²) >= 11 is 6.18. The third-order valence-corrected chi connectivity index (χ3v) is 4.00. The molecule has 1 heterocycles. The van der Waals surface area contributed by atoms with Gasteiger partial charge in [0, 0.05) is 40.4 Å². The van der Waals surface area contributed by atoms with E-state index in [1.54, 1.807) is 0 Å². The lowest BCUT2D eigenvalue weighted by atomic mass is 10.1. The standard InChI is InChI=1S/C17H15ClN2/c1-12-5-6-13(9-16(12)18)11-20-8-7-15-14(10-19)3-2-4-17(15)20/h2-10,19H,11H2,1H3. The molecular formula is C17H15ClN2. The van der Waals surface area contributed by atoms with Crippen LogP contribution >= 0.6 is 11.6 Å². The molecule has 2 aromatic carbocycles. The van der Waals surface area contributed by atoms with Gasteiger partial charge in [0.2, 0.25) is 0 Å². The van der Waals surface area contributed by atoms with Gasteiger partial charge in [-0.15, -0.1) is 0 Å². The molecule has 1 aromatic heterocycles. The molecule has 0 spiro atoms. The fraction of sp³-hybridized carbons (Fsp3) is 0.118. The van der Waals surface area contributed by atoms with Gasteiger partial charge in [-0.3, -0.25) is 0 Å². The molecule has 0 radical (unpaired) electrons. The van der Waals surface area contributed by atoms with Gasteiger partial charge in [0.1, 0.15) is 0 Å². The van der Waals surface area contributed by atoms with E-state index in [0.29, 0.717) is 0 Å². The Morgan fingerprint density at radius 3 is 2.80 bits per heavy atom. The van der Waals surface area contributed by atoms with Crippen LogP contribution in [0.1, 0.15) is 16.7 Å². The van der Waals surface area contributed by atoms with Crippen LogP contribution < -0.4 is 0 Å². The Balaban J connectivity index is 2.02. The molecule has 0 unspecified atom stereocenters. The maximum Gasteiger partial charge on any atom is 0.0490 e. The summed E-state index contributed by atoms with van der Waals surface area (Å²) in [5.74, 6) is 0. The topological polar surface area (TPSA) is 28.8 Å². The minimum absolute atomic E-state index is 0.783. The first kappa shape index (κ1) is 12.9. The van der Waals surface area contributed by atoms with Gasteiger partial charge in [0.15, 0.2) is 0 Å². The van der Waals surface area contributed by atoms with Crippen LogP contribution in [-0.4, -0.2) is 10.8 Å². The van der Waals surface area contributed by atoms with Crippen molar-refractivity contribution in [3.8, 4) is 0 Å². The van der Waals surface area contributed by atoms with Crippen molar-refractivity contribution >= 4 is 28.7 Å². The molecule has 3 heteroatoms. The lowest BCUT2D eigenvalue weighted by Crippen LogP contribution is -1.98. The summed E-state index contributed by atoms with van der Waals surface area (Å²) in [5.41, 5.74) is 4.36. The summed E-state index contributed by atoms with van der Waals surface area (Å²) in [7, 11) is 0. The third-order valence-electron chi connectivity index (χ3n) is 3.59. The van der Waals surface area contributed by atoms with E-state index in [1.165, 1.54) is 11.8 Å². The average molecular weight is 283 g/mol. The van der Waals surface area contributed by atoms with Crippen LogP contribution in [0, 0.1) is 12.3 Å². The summed E-state index contributed by atoms with van der Waals surface area (Å²) < 4.78 is 2.18. The van der Waals surface area contributed by atoms with Crippen molar-refractivity contribution in [1.29, 1.82) is 5.41 Å². The Hall–Kier alpha value is -2.06. The quantitative estimate of drug-likeness (QED) is 0.678. The van der Waals surface area contributed by atoms with Crippen LogP contribution in [0.5, 0.6) is 0 Å². The van der Waals surface area contributed by atoms with Crippen LogP contribution in [0.2, 0.25) is 5.02 Å². The third kappa shape index (κ3) is 2.23. The number of halogens is 1. The Kier molecular flexibility index (Phi) is 3.33. The van der Waals surface area contributed by atoms with E-state index in [2.05, 4.69) is 29.0 Å². The van der Waals surface area contributed by atoms with Crippen LogP contribution in [0.15, 0.2) is 48.7 Å². The first-order valence-corrected chi connectivity index (χ1v) is 6.90. The lowest BCUT2D eigenvalue weighted by molar-refractivity contribution is 0.836. The van der Waals surface area contributed by atoms with E-state index >= 15 is 0 Å². The largest absolute Gasteiger partial charge is 0.343 e. The van der Waals surface area contributed by atoms with E-state index < -0.39 is 0 Å². The number of hydrogen-bond acceptors (Lipinski definition) is 1. The van der Waals surface area contributed by atoms with Gasteiger partial charge in [0.25, 0.3) is 0 Å². The SMILES string of the molecule is Cc1ccc(Cn2ccc3c(C=N)cccc32)cc1Cl. The minimum atomic E-state index is 0.783. The van der Waals surface area contributed by atoms with Crippen LogP contribution in [0.3, 0.4) is 0 Å². The zero-order valence-corrected chi connectivity index (χ0v) is 12.0. The first-order valence-electron chi connectivity index (χ1n) is 6.52. The van der Waals surface area contributed by atoms with Crippen molar-refractivity contribution in [2.45, 2.75) is 13.5 Å². The number of aromatic nitrogens is 1. The molecule has 0 atom stereocenters. The maximum atomic E-state index is 7.46. The average Bonchev–Trinajstić information content (AvgIpc) is 2.86. The molecule has 0 fully saturated rings. The number of nitrogens with zero attached hydrogens (tertiary/aromatic N) is 1. The minimum Gasteiger partial charge on any atom is -0.343 e. The molecule has 0 bridgehead atoms. The molecule has 1 N–H and O–H groups in total. The zero-order chi connectivity index (χ0) is 14.1. The molecule has 100 valence electrons. The Labute approximate surface area is 123 Å². The van der Waals surface area contributed by atoms with Crippen molar-refractivity contribution < 1.29 is 0 Å². The highest BCUT2D eigenvalue weighted by Gasteiger charge is 2.05. The molecule has 2 nitrogen and oxygen atoms in total. The fourth-order valence-electron chi connectivity index (χ4n) is 2.44. The first-order chi connectivity index (χ1) is 9.69. The summed E-state index contributed by atoms with van der Waals surface area (Å²) in [5, 5.41) is 9.37. The highest BCUT2D eigenvalue weighted by atomic mass is 35.5. The number of aryl methyl sites for hydroxylation is 1. The van der Waals surface area contributed by atoms with Gasteiger partial charge in [-0.05, 0) is 36.2 Å². The predicted octanol–water partition coefficient (Wildman–Crippen LogP) is 4.65. The molecule has 0 aliphatic heterocycles. The normalized spacial score (nSPS) is 10.9. The van der Waals surface area contributed by atoms with Gasteiger partial charge in [-0.25, -0.2) is 0 Å². The highest BCUT2D eigenvalue weighted by molar-refractivity contribution is 6.31. The zero-order valence-electron chi connectivity index (χ0n) is 11.2. The van der Waals surface area contributed by atoms with Gasteiger partial charge in [-0.2, -0.15) is 0 Å². The number of hydrogen-bond donors (Lipinski definition) is 1. The molecule has 3 aromatic rings. The lowest BCUT2D eigenvalue weighted by Gasteiger charge is -2.08. The fourth-order valence-corrected chi connectivity index (χ4v) is 2.65. The number of fused-ring (bicyclic) bond motifs is 1. The Morgan fingerprint density at radius 2 is 2.05 bits per heavy atom. The highest BCUT2D eigenvalue weighted by Crippen LogP contribution is 2.22. The van der Waals surface area contributed by atoms with Gasteiger partial charge in [0.05, 0.1) is 0 Å². The molecule has 3 rings (SSSR count). The number of rotatable bonds is 3. The molecule has 0 saturated carbocycles. The van der Waals surface area contributed by atoms with Gasteiger partial charge in [-0.1, -0.05) is 35.9 Å². The van der Waals surface area contributed by atoms with Crippen LogP contribution in [0.25, 0.3) is 10.9 Å². The van der Waals surface area contributed by atoms with Crippen molar-refractivity contribution in [3.63, 3.8) is 0 Å². The van der Waals surface area contributed by atoms with Crippen molar-refractivity contribution in [3.05, 3.63) is 70.4 Å². The molecule has 0 amide bonds. The van der Waals surface area contributed by atoms with E-state index in [1.807, 2.05) is 31.2 Å². The smallest absolute Gasteiger partial charge is 0.0490 e. The van der Waals surface area contributed by atoms with E-state index in [0.717, 1.165) is 33.6 Å². The predicted molar refractivity (Wildman–Crippen MR) is 85.1 cm³/mol. The molecular weight excluding hydrogens is 268 g/mol. The molecule has 20 heavy (non-hydrogen) atoms. The second kappa shape index (κ2) is 5.14. The van der Waals surface area contributed by atoms with Gasteiger partial charge >= 0.3 is 0 Å². The van der Waals surface area contributed by atoms with Crippen molar-refractivity contribution in [2.75, 3.05) is 0 Å². The second-order valence-corrected chi connectivity index (χ2v) is 5.36. The summed E-state index contributed by atoms with van der Waals surface area (Å²) in [6, 6.07) is 14.3. The van der Waals surface area contributed by atoms with E-state index in [9.17, 15) is 0 Å². The van der Waals surface area contributed by atoms with Gasteiger partial charge < -0.3 is 9.98 Å². The second-order valence-electron chi connectivity index (χ2n) is 4.95. The van der Waals surface area contributed by atoms with E-state index in [-0.39, 0.29) is 0 Å². The summed E-state index contributed by atoms with van der Waals surface area (Å²) in [4.78, 5) is 0. The monoisotopic (exact) mass is 282 g/mol.